The molecule has 0 saturated carbocycles. The van der Waals surface area contributed by atoms with Crippen LogP contribution in [0.5, 0.6) is 0 Å². The van der Waals surface area contributed by atoms with Gasteiger partial charge in [-0.1, -0.05) is 30.7 Å². The zero-order valence-corrected chi connectivity index (χ0v) is 12.9. The van der Waals surface area contributed by atoms with Gasteiger partial charge in [-0.2, -0.15) is 0 Å². The largest absolute Gasteiger partial charge is 0.378 e. The maximum Gasteiger partial charge on any atom is 0.145 e. The van der Waals surface area contributed by atoms with Gasteiger partial charge in [0, 0.05) is 18.6 Å². The van der Waals surface area contributed by atoms with Gasteiger partial charge in [-0.25, -0.2) is 4.39 Å². The summed E-state index contributed by atoms with van der Waals surface area (Å²) in [7, 11) is 0. The van der Waals surface area contributed by atoms with Gasteiger partial charge in [0.2, 0.25) is 0 Å². The highest BCUT2D eigenvalue weighted by Gasteiger charge is 2.32. The molecule has 1 aromatic carbocycles. The van der Waals surface area contributed by atoms with E-state index >= 15 is 0 Å². The Labute approximate surface area is 125 Å². The molecule has 2 nitrogen and oxygen atoms in total. The number of rotatable bonds is 6. The molecule has 1 aliphatic rings. The molecule has 0 spiro atoms. The first-order chi connectivity index (χ1) is 9.63. The predicted molar refractivity (Wildman–Crippen MR) is 80.7 cm³/mol. The lowest BCUT2D eigenvalue weighted by atomic mass is 9.88. The van der Waals surface area contributed by atoms with Crippen LogP contribution in [0.1, 0.15) is 32.3 Å². The van der Waals surface area contributed by atoms with E-state index in [1.165, 1.54) is 0 Å². The Morgan fingerprint density at radius 1 is 1.50 bits per heavy atom. The van der Waals surface area contributed by atoms with Crippen molar-refractivity contribution in [2.24, 2.45) is 5.92 Å². The highest BCUT2D eigenvalue weighted by molar-refractivity contribution is 6.30. The van der Waals surface area contributed by atoms with Crippen LogP contribution in [-0.2, 0) is 11.2 Å². The van der Waals surface area contributed by atoms with Gasteiger partial charge in [0.1, 0.15) is 5.82 Å². The van der Waals surface area contributed by atoms with E-state index in [9.17, 15) is 4.39 Å². The minimum absolute atomic E-state index is 0.201. The first kappa shape index (κ1) is 15.7. The molecule has 112 valence electrons. The number of ether oxygens (including phenoxy) is 1. The van der Waals surface area contributed by atoms with Gasteiger partial charge in [0.05, 0.1) is 11.1 Å². The van der Waals surface area contributed by atoms with Crippen molar-refractivity contribution in [3.63, 3.8) is 0 Å². The van der Waals surface area contributed by atoms with Crippen LogP contribution in [0.25, 0.3) is 0 Å². The number of hydrogen-bond donors (Lipinski definition) is 1. The van der Waals surface area contributed by atoms with Crippen LogP contribution in [0.4, 0.5) is 4.39 Å². The van der Waals surface area contributed by atoms with Gasteiger partial charge >= 0.3 is 0 Å². The van der Waals surface area contributed by atoms with E-state index in [1.54, 1.807) is 6.07 Å². The van der Waals surface area contributed by atoms with Gasteiger partial charge in [0.15, 0.2) is 0 Å². The van der Waals surface area contributed by atoms with E-state index in [0.29, 0.717) is 17.9 Å². The van der Waals surface area contributed by atoms with Gasteiger partial charge in [0.25, 0.3) is 0 Å². The SMILES string of the molecule is CCCNC(Cc1cccc(Cl)c1F)C1CCOC1C. The molecule has 2 rings (SSSR count). The van der Waals surface area contributed by atoms with Crippen LogP contribution in [0.3, 0.4) is 0 Å². The summed E-state index contributed by atoms with van der Waals surface area (Å²) in [6, 6.07) is 5.46. The molecule has 1 aliphatic heterocycles. The lowest BCUT2D eigenvalue weighted by Crippen LogP contribution is -2.41. The maximum atomic E-state index is 14.1. The summed E-state index contributed by atoms with van der Waals surface area (Å²) in [5, 5.41) is 3.75. The summed E-state index contributed by atoms with van der Waals surface area (Å²) in [4.78, 5) is 0. The molecule has 0 radical (unpaired) electrons. The fourth-order valence-electron chi connectivity index (χ4n) is 2.92. The quantitative estimate of drug-likeness (QED) is 0.862. The minimum Gasteiger partial charge on any atom is -0.378 e. The summed E-state index contributed by atoms with van der Waals surface area (Å²) >= 11 is 5.87. The zero-order valence-electron chi connectivity index (χ0n) is 12.2. The van der Waals surface area contributed by atoms with Gasteiger partial charge < -0.3 is 10.1 Å². The third-order valence-electron chi connectivity index (χ3n) is 4.08. The van der Waals surface area contributed by atoms with Crippen molar-refractivity contribution in [1.82, 2.24) is 5.32 Å². The Morgan fingerprint density at radius 2 is 2.30 bits per heavy atom. The van der Waals surface area contributed by atoms with E-state index in [4.69, 9.17) is 16.3 Å². The van der Waals surface area contributed by atoms with Crippen molar-refractivity contribution in [3.8, 4) is 0 Å². The lowest BCUT2D eigenvalue weighted by molar-refractivity contribution is 0.0953. The Bertz CT molecular complexity index is 440. The Balaban J connectivity index is 2.12. The minimum atomic E-state index is -0.288. The molecule has 0 amide bonds. The highest BCUT2D eigenvalue weighted by atomic mass is 35.5. The second kappa shape index (κ2) is 7.39. The molecule has 3 unspecified atom stereocenters. The van der Waals surface area contributed by atoms with E-state index in [2.05, 4.69) is 19.2 Å². The molecule has 1 aromatic rings. The predicted octanol–water partition coefficient (Wildman–Crippen LogP) is 3.81. The Kier molecular flexibility index (Phi) is 5.82. The van der Waals surface area contributed by atoms with Crippen LogP contribution in [0.15, 0.2) is 18.2 Å². The summed E-state index contributed by atoms with van der Waals surface area (Å²) < 4.78 is 19.7. The second-order valence-electron chi connectivity index (χ2n) is 5.51. The van der Waals surface area contributed by atoms with Gasteiger partial charge in [-0.15, -0.1) is 0 Å². The normalized spacial score (nSPS) is 24.0. The fourth-order valence-corrected chi connectivity index (χ4v) is 3.12. The number of benzene rings is 1. The molecular weight excluding hydrogens is 277 g/mol. The standard InChI is InChI=1S/C16H23ClFNO/c1-3-8-19-15(13-7-9-20-11(13)2)10-12-5-4-6-14(17)16(12)18/h4-6,11,13,15,19H,3,7-10H2,1-2H3. The first-order valence-corrected chi connectivity index (χ1v) is 7.79. The smallest absolute Gasteiger partial charge is 0.145 e. The molecule has 1 fully saturated rings. The summed E-state index contributed by atoms with van der Waals surface area (Å²) in [5.41, 5.74) is 0.685. The van der Waals surface area contributed by atoms with Gasteiger partial charge in [-0.3, -0.25) is 0 Å². The average Bonchev–Trinajstić information content (AvgIpc) is 2.85. The van der Waals surface area contributed by atoms with Crippen LogP contribution in [0.2, 0.25) is 5.02 Å². The van der Waals surface area contributed by atoms with E-state index in [-0.39, 0.29) is 23.0 Å². The van der Waals surface area contributed by atoms with Crippen molar-refractivity contribution in [2.75, 3.05) is 13.2 Å². The molecule has 1 saturated heterocycles. The molecule has 0 aliphatic carbocycles. The molecule has 20 heavy (non-hydrogen) atoms. The average molecular weight is 300 g/mol. The van der Waals surface area contributed by atoms with Crippen molar-refractivity contribution in [2.45, 2.75) is 45.3 Å². The third-order valence-corrected chi connectivity index (χ3v) is 4.37. The van der Waals surface area contributed by atoms with Crippen LogP contribution >= 0.6 is 11.6 Å². The van der Waals surface area contributed by atoms with Crippen LogP contribution < -0.4 is 5.32 Å². The first-order valence-electron chi connectivity index (χ1n) is 7.41. The maximum absolute atomic E-state index is 14.1. The Morgan fingerprint density at radius 3 is 2.95 bits per heavy atom. The molecule has 1 heterocycles. The fraction of sp³-hybridized carbons (Fsp3) is 0.625. The van der Waals surface area contributed by atoms with Gasteiger partial charge in [-0.05, 0) is 44.4 Å². The number of hydrogen-bond acceptors (Lipinski definition) is 2. The monoisotopic (exact) mass is 299 g/mol. The molecule has 1 N–H and O–H groups in total. The topological polar surface area (TPSA) is 21.3 Å². The van der Waals surface area contributed by atoms with Crippen LogP contribution in [-0.4, -0.2) is 25.3 Å². The molecular formula is C16H23ClFNO. The highest BCUT2D eigenvalue weighted by Crippen LogP contribution is 2.27. The number of halogens is 2. The zero-order chi connectivity index (χ0) is 14.5. The van der Waals surface area contributed by atoms with Crippen molar-refractivity contribution in [3.05, 3.63) is 34.6 Å². The van der Waals surface area contributed by atoms with Crippen molar-refractivity contribution < 1.29 is 9.13 Å². The summed E-state index contributed by atoms with van der Waals surface area (Å²) in [6.07, 6.45) is 2.98. The van der Waals surface area contributed by atoms with E-state index < -0.39 is 0 Å². The lowest BCUT2D eigenvalue weighted by Gasteiger charge is -2.27. The van der Waals surface area contributed by atoms with E-state index in [0.717, 1.165) is 26.0 Å². The Hall–Kier alpha value is -0.640. The second-order valence-corrected chi connectivity index (χ2v) is 5.91. The summed E-state index contributed by atoms with van der Waals surface area (Å²) in [5.74, 6) is 0.143. The van der Waals surface area contributed by atoms with Crippen LogP contribution in [0, 0.1) is 11.7 Å². The third kappa shape index (κ3) is 3.72. The molecule has 0 bridgehead atoms. The van der Waals surface area contributed by atoms with Crippen molar-refractivity contribution in [1.29, 1.82) is 0 Å². The van der Waals surface area contributed by atoms with E-state index in [1.807, 2.05) is 12.1 Å². The summed E-state index contributed by atoms with van der Waals surface area (Å²) in [6.45, 7) is 5.98. The molecule has 3 atom stereocenters. The number of nitrogens with one attached hydrogen (secondary N) is 1. The van der Waals surface area contributed by atoms with Crippen molar-refractivity contribution >= 4 is 11.6 Å². The molecule has 0 aromatic heterocycles. The molecule has 4 heteroatoms.